The SMILES string of the molecule is CC1(C)c2ccccc2-c2cc3c(-c4ccc5ccccc5c4)c4ccc(-c5ccc6ccccc6c5)cc4c(-c4ccc5ccccc5c4)c3cc21.CC1(C)c2ccccc2-c2cc3c(-c4ccc5ccccc5c4)c4ccc(-c5ccccc5)cc4c(-c4ccc5ccccc5c4)c3cc21.CC1(C)c2ccccc2-c2cc3c(-c4ccc5ccccc5c4)c4ccccc4c(-c4ccc5ccccc5c4)c3cc21. The Morgan fingerprint density at radius 1 is 0.103 bits per heavy atom. The van der Waals surface area contributed by atoms with Crippen LogP contribution in [0, 0.1) is 0 Å². The first-order chi connectivity index (χ1) is 71.1. The van der Waals surface area contributed by atoms with Crippen LogP contribution in [0.5, 0.6) is 0 Å². The molecule has 0 bridgehead atoms. The third-order valence-corrected chi connectivity index (χ3v) is 32.8. The van der Waals surface area contributed by atoms with Crippen molar-refractivity contribution in [3.05, 3.63) is 531 Å². The molecule has 0 N–H and O–H groups in total. The van der Waals surface area contributed by atoms with E-state index in [0.717, 1.165) is 0 Å². The third-order valence-electron chi connectivity index (χ3n) is 32.8. The van der Waals surface area contributed by atoms with Gasteiger partial charge in [0.05, 0.1) is 0 Å². The van der Waals surface area contributed by atoms with Crippen molar-refractivity contribution in [2.75, 3.05) is 0 Å². The van der Waals surface area contributed by atoms with Crippen LogP contribution < -0.4 is 0 Å². The first-order valence-electron chi connectivity index (χ1n) is 51.1. The minimum Gasteiger partial charge on any atom is -0.0622 e. The van der Waals surface area contributed by atoms with Crippen LogP contribution in [-0.4, -0.2) is 0 Å². The molecule has 3 aliphatic carbocycles. The van der Waals surface area contributed by atoms with E-state index in [9.17, 15) is 0 Å². The number of benzene rings is 27. The van der Waals surface area contributed by atoms with Gasteiger partial charge in [-0.3, -0.25) is 0 Å². The highest BCUT2D eigenvalue weighted by molar-refractivity contribution is 6.28. The number of hydrogen-bond donors (Lipinski definition) is 0. The van der Waals surface area contributed by atoms with Crippen LogP contribution in [0.4, 0.5) is 0 Å². The molecule has 0 heterocycles. The van der Waals surface area contributed by atoms with E-state index in [1.54, 1.807) is 0 Å². The molecule has 0 radical (unpaired) electrons. The smallest absolute Gasteiger partial charge is 0.0159 e. The van der Waals surface area contributed by atoms with Gasteiger partial charge in [0.15, 0.2) is 0 Å². The van der Waals surface area contributed by atoms with Gasteiger partial charge in [-0.05, 0) is 387 Å². The fourth-order valence-corrected chi connectivity index (χ4v) is 25.5. The van der Waals surface area contributed by atoms with Crippen LogP contribution in [0.3, 0.4) is 0 Å². The fourth-order valence-electron chi connectivity index (χ4n) is 25.5. The van der Waals surface area contributed by atoms with Gasteiger partial charge in [-0.1, -0.05) is 448 Å². The molecule has 0 aliphatic heterocycles. The van der Waals surface area contributed by atoms with Gasteiger partial charge in [-0.25, -0.2) is 0 Å². The predicted molar refractivity (Wildman–Crippen MR) is 623 cm³/mol. The molecule has 27 aromatic rings. The van der Waals surface area contributed by atoms with Gasteiger partial charge in [0.2, 0.25) is 0 Å². The molecule has 0 amide bonds. The average Bonchev–Trinajstić information content (AvgIpc) is 1.61. The van der Waals surface area contributed by atoms with Crippen molar-refractivity contribution in [3.63, 3.8) is 0 Å². The molecule has 3 aliphatic rings. The van der Waals surface area contributed by atoms with Gasteiger partial charge in [-0.15, -0.1) is 0 Å². The lowest BCUT2D eigenvalue weighted by atomic mass is 9.79. The summed E-state index contributed by atoms with van der Waals surface area (Å²) < 4.78 is 0. The predicted octanol–water partition coefficient (Wildman–Crippen LogP) is 40.3. The Morgan fingerprint density at radius 3 is 0.572 bits per heavy atom. The zero-order chi connectivity index (χ0) is 96.7. The lowest BCUT2D eigenvalue weighted by Gasteiger charge is -2.24. The molecular formula is C145H100. The zero-order valence-electron chi connectivity index (χ0n) is 81.8. The third kappa shape index (κ3) is 13.8. The second kappa shape index (κ2) is 33.2. The minimum absolute atomic E-state index is 0.0739. The lowest BCUT2D eigenvalue weighted by molar-refractivity contribution is 0.661. The molecular weight excluding hydrogens is 1740 g/mol. The van der Waals surface area contributed by atoms with Gasteiger partial charge >= 0.3 is 0 Å². The summed E-state index contributed by atoms with van der Waals surface area (Å²) in [5, 5.41) is 33.1. The normalized spacial score (nSPS) is 13.3. The van der Waals surface area contributed by atoms with Crippen LogP contribution in [0.25, 0.3) is 262 Å². The van der Waals surface area contributed by atoms with E-state index in [4.69, 9.17) is 0 Å². The highest BCUT2D eigenvalue weighted by atomic mass is 14.4. The maximum atomic E-state index is 2.54. The Balaban J connectivity index is 0.000000106. The van der Waals surface area contributed by atoms with Crippen molar-refractivity contribution in [1.82, 2.24) is 0 Å². The van der Waals surface area contributed by atoms with Crippen molar-refractivity contribution in [3.8, 4) is 122 Å². The molecule has 0 saturated carbocycles. The Hall–Kier alpha value is -17.7. The minimum atomic E-state index is -0.119. The van der Waals surface area contributed by atoms with Crippen LogP contribution in [0.2, 0.25) is 0 Å². The molecule has 27 aromatic carbocycles. The summed E-state index contributed by atoms with van der Waals surface area (Å²) in [6.45, 7) is 14.3. The molecule has 0 saturated heterocycles. The fraction of sp³-hybridized carbons (Fsp3) is 0.0621. The molecule has 0 spiro atoms. The number of hydrogen-bond acceptors (Lipinski definition) is 0. The van der Waals surface area contributed by atoms with Gasteiger partial charge in [0.25, 0.3) is 0 Å². The number of fused-ring (bicyclic) bond motifs is 22. The van der Waals surface area contributed by atoms with E-state index in [1.165, 1.54) is 296 Å². The molecule has 680 valence electrons. The van der Waals surface area contributed by atoms with E-state index in [2.05, 4.69) is 539 Å². The summed E-state index contributed by atoms with van der Waals surface area (Å²) in [6.07, 6.45) is 0. The Labute approximate surface area is 844 Å². The van der Waals surface area contributed by atoms with Crippen molar-refractivity contribution in [1.29, 1.82) is 0 Å². The first-order valence-corrected chi connectivity index (χ1v) is 51.1. The van der Waals surface area contributed by atoms with Crippen molar-refractivity contribution in [2.45, 2.75) is 57.8 Å². The van der Waals surface area contributed by atoms with E-state index in [1.807, 2.05) is 0 Å². The summed E-state index contributed by atoms with van der Waals surface area (Å²) in [7, 11) is 0. The largest absolute Gasteiger partial charge is 0.0622 e. The Morgan fingerprint density at radius 2 is 0.290 bits per heavy atom. The quantitative estimate of drug-likeness (QED) is 0.133. The van der Waals surface area contributed by atoms with Gasteiger partial charge in [-0.2, -0.15) is 0 Å². The lowest BCUT2D eigenvalue weighted by Crippen LogP contribution is -2.14. The van der Waals surface area contributed by atoms with Gasteiger partial charge in [0, 0.05) is 16.2 Å². The standard InChI is InChI=1S/C53H36.C49H34.C43H30/c1-53(2)49-18-10-9-17-43(49)45-31-47-48(32-50(45)53)52(42-24-21-35-13-5-8-16-38(35)29-42)46-30-40(39-22-19-33-11-3-6-14-36(33)27-39)25-26-44(46)51(47)41-23-20-34-12-4-7-15-37(34)28-41;1-49(2)45-19-11-10-18-39(45)41-29-43-44(30-46(41)49)48(38-23-21-33-15-7-9-17-35(33)27-38)42-28-36(31-12-4-3-5-13-31)24-25-40(42)47(43)37-22-20-32-14-6-8-16-34(32)26-37;1-43(2)39-18-10-9-15-33(39)36-25-37-38(26-40(36)43)42(32-22-20-28-12-4-6-14-30(28)24-32)35-17-8-7-16-34(35)41(37)31-21-19-27-11-3-5-13-29(27)23-31/h3-32H,1-2H3;3-30H,1-2H3;3-26H,1-2H3. The Kier molecular flexibility index (Phi) is 19.6. The maximum Gasteiger partial charge on any atom is 0.0159 e. The second-order valence-electron chi connectivity index (χ2n) is 42.0. The topological polar surface area (TPSA) is 0 Å². The van der Waals surface area contributed by atoms with Crippen molar-refractivity contribution in [2.24, 2.45) is 0 Å². The van der Waals surface area contributed by atoms with E-state index in [-0.39, 0.29) is 16.2 Å². The number of rotatable bonds is 8. The second-order valence-corrected chi connectivity index (χ2v) is 42.0. The summed E-state index contributed by atoms with van der Waals surface area (Å²) in [5.74, 6) is 0. The molecule has 0 nitrogen and oxygen atoms in total. The van der Waals surface area contributed by atoms with Gasteiger partial charge < -0.3 is 0 Å². The average molecular weight is 1840 g/mol. The monoisotopic (exact) mass is 1840 g/mol. The highest BCUT2D eigenvalue weighted by Crippen LogP contribution is 2.59. The maximum absolute atomic E-state index is 2.54. The Bertz CT molecular complexity index is 10200. The molecule has 145 heavy (non-hydrogen) atoms. The van der Waals surface area contributed by atoms with Crippen LogP contribution in [0.15, 0.2) is 497 Å². The zero-order valence-corrected chi connectivity index (χ0v) is 81.8. The summed E-state index contributed by atoms with van der Waals surface area (Å²) in [4.78, 5) is 0. The summed E-state index contributed by atoms with van der Waals surface area (Å²) in [6, 6.07) is 186. The molecule has 0 heteroatoms. The first kappa shape index (κ1) is 85.3. The van der Waals surface area contributed by atoms with E-state index in [0.29, 0.717) is 0 Å². The molecule has 0 atom stereocenters. The van der Waals surface area contributed by atoms with E-state index >= 15 is 0 Å². The molecule has 0 unspecified atom stereocenters. The van der Waals surface area contributed by atoms with Crippen LogP contribution in [0.1, 0.15) is 74.9 Å². The van der Waals surface area contributed by atoms with Crippen molar-refractivity contribution >= 4 is 140 Å². The van der Waals surface area contributed by atoms with Crippen LogP contribution >= 0.6 is 0 Å². The molecule has 0 fully saturated rings. The van der Waals surface area contributed by atoms with E-state index < -0.39 is 0 Å². The van der Waals surface area contributed by atoms with Gasteiger partial charge in [0.1, 0.15) is 0 Å². The molecule has 0 aromatic heterocycles. The van der Waals surface area contributed by atoms with Crippen molar-refractivity contribution < 1.29 is 0 Å². The summed E-state index contributed by atoms with van der Waals surface area (Å²) >= 11 is 0. The molecule has 30 rings (SSSR count). The highest BCUT2D eigenvalue weighted by Gasteiger charge is 2.40. The van der Waals surface area contributed by atoms with Crippen LogP contribution in [-0.2, 0) is 16.2 Å². The summed E-state index contributed by atoms with van der Waals surface area (Å²) in [5.41, 5.74) is 36.4.